The van der Waals surface area contributed by atoms with Crippen molar-refractivity contribution in [3.63, 3.8) is 0 Å². The van der Waals surface area contributed by atoms with E-state index in [9.17, 15) is 14.4 Å². The van der Waals surface area contributed by atoms with Gasteiger partial charge in [0, 0.05) is 7.05 Å². The Kier molecular flexibility index (Phi) is 3.12. The zero-order chi connectivity index (χ0) is 11.6. The van der Waals surface area contributed by atoms with Crippen LogP contribution in [0.2, 0.25) is 0 Å². The van der Waals surface area contributed by atoms with Gasteiger partial charge in [0.2, 0.25) is 11.8 Å². The molecule has 15 heavy (non-hydrogen) atoms. The first kappa shape index (κ1) is 11.7. The molecule has 1 saturated heterocycles. The van der Waals surface area contributed by atoms with E-state index in [-0.39, 0.29) is 0 Å². The van der Waals surface area contributed by atoms with E-state index >= 15 is 0 Å². The van der Waals surface area contributed by atoms with Crippen LogP contribution in [0, 0.1) is 5.41 Å². The summed E-state index contributed by atoms with van der Waals surface area (Å²) in [6.45, 7) is 3.58. The molecule has 1 aliphatic heterocycles. The second-order valence-corrected chi connectivity index (χ2v) is 4.06. The largest absolute Gasteiger partial charge is 0.330 e. The summed E-state index contributed by atoms with van der Waals surface area (Å²) >= 11 is 0. The fourth-order valence-electron chi connectivity index (χ4n) is 1.63. The van der Waals surface area contributed by atoms with E-state index < -0.39 is 23.3 Å². The molecule has 1 aliphatic rings. The van der Waals surface area contributed by atoms with Gasteiger partial charge < -0.3 is 0 Å². The number of nitrogens with zero attached hydrogens (tertiary/aromatic N) is 1. The number of unbranched alkanes of at least 4 members (excludes halogenated alkanes) is 1. The molecule has 0 aromatic carbocycles. The van der Waals surface area contributed by atoms with Crippen LogP contribution in [0.3, 0.4) is 0 Å². The number of nitrogens with one attached hydrogen (secondary N) is 1. The van der Waals surface area contributed by atoms with Gasteiger partial charge in [-0.1, -0.05) is 19.8 Å². The summed E-state index contributed by atoms with van der Waals surface area (Å²) in [7, 11) is 1.38. The quantitative estimate of drug-likeness (QED) is 0.706. The van der Waals surface area contributed by atoms with Crippen molar-refractivity contribution in [3.8, 4) is 0 Å². The number of carbonyl (C=O) groups is 3. The second-order valence-electron chi connectivity index (χ2n) is 4.06. The number of rotatable bonds is 3. The molecule has 1 fully saturated rings. The standard InChI is InChI=1S/C10H16N2O3/c1-4-5-6-10(2)7(13)11-9(15)12(3)8(10)14/h4-6H2,1-3H3,(H,11,13,15)/t10-/m0/s1. The first-order valence-electron chi connectivity index (χ1n) is 5.07. The van der Waals surface area contributed by atoms with Crippen LogP contribution in [0.1, 0.15) is 33.1 Å². The minimum Gasteiger partial charge on any atom is -0.277 e. The van der Waals surface area contributed by atoms with Crippen LogP contribution in [-0.2, 0) is 9.59 Å². The van der Waals surface area contributed by atoms with Gasteiger partial charge in [0.1, 0.15) is 5.41 Å². The van der Waals surface area contributed by atoms with Crippen LogP contribution in [0.25, 0.3) is 0 Å². The number of urea groups is 1. The van der Waals surface area contributed by atoms with Crippen molar-refractivity contribution in [2.75, 3.05) is 7.05 Å². The first-order chi connectivity index (χ1) is 6.93. The van der Waals surface area contributed by atoms with Crippen LogP contribution in [-0.4, -0.2) is 29.8 Å². The highest BCUT2D eigenvalue weighted by Gasteiger charge is 2.48. The Labute approximate surface area is 88.8 Å². The summed E-state index contributed by atoms with van der Waals surface area (Å²) in [4.78, 5) is 35.5. The Bertz CT molecular complexity index is 314. The van der Waals surface area contributed by atoms with E-state index in [2.05, 4.69) is 5.32 Å². The predicted octanol–water partition coefficient (Wildman–Crippen LogP) is 0.891. The Balaban J connectivity index is 2.91. The highest BCUT2D eigenvalue weighted by Crippen LogP contribution is 2.29. The third-order valence-electron chi connectivity index (χ3n) is 2.83. The van der Waals surface area contributed by atoms with Crippen LogP contribution in [0.5, 0.6) is 0 Å². The molecule has 1 rings (SSSR count). The molecule has 84 valence electrons. The van der Waals surface area contributed by atoms with Crippen molar-refractivity contribution >= 4 is 17.8 Å². The van der Waals surface area contributed by atoms with Crippen molar-refractivity contribution in [2.24, 2.45) is 5.41 Å². The molecule has 1 N–H and O–H groups in total. The molecule has 0 aliphatic carbocycles. The Hall–Kier alpha value is -1.39. The lowest BCUT2D eigenvalue weighted by molar-refractivity contribution is -0.149. The fraction of sp³-hybridized carbons (Fsp3) is 0.700. The molecule has 0 spiro atoms. The van der Waals surface area contributed by atoms with Gasteiger partial charge in [-0.2, -0.15) is 0 Å². The van der Waals surface area contributed by atoms with Gasteiger partial charge in [-0.15, -0.1) is 0 Å². The van der Waals surface area contributed by atoms with E-state index in [0.717, 1.165) is 17.7 Å². The summed E-state index contributed by atoms with van der Waals surface area (Å²) in [5.41, 5.74) is -1.08. The predicted molar refractivity (Wildman–Crippen MR) is 53.9 cm³/mol. The fourth-order valence-corrected chi connectivity index (χ4v) is 1.63. The summed E-state index contributed by atoms with van der Waals surface area (Å²) in [6, 6.07) is -0.640. The number of hydrogen-bond acceptors (Lipinski definition) is 3. The molecule has 1 heterocycles. The summed E-state index contributed by atoms with van der Waals surface area (Å²) in [5, 5.41) is 2.19. The molecule has 1 atom stereocenters. The van der Waals surface area contributed by atoms with Gasteiger partial charge in [0.15, 0.2) is 0 Å². The second kappa shape index (κ2) is 4.00. The molecule has 0 aromatic rings. The van der Waals surface area contributed by atoms with Gasteiger partial charge in [0.25, 0.3) is 0 Å². The molecule has 0 unspecified atom stereocenters. The van der Waals surface area contributed by atoms with E-state index in [4.69, 9.17) is 0 Å². The van der Waals surface area contributed by atoms with Crippen molar-refractivity contribution in [1.82, 2.24) is 10.2 Å². The van der Waals surface area contributed by atoms with Crippen LogP contribution >= 0.6 is 0 Å². The number of carbonyl (C=O) groups excluding carboxylic acids is 3. The van der Waals surface area contributed by atoms with Crippen molar-refractivity contribution < 1.29 is 14.4 Å². The lowest BCUT2D eigenvalue weighted by Gasteiger charge is -2.35. The number of imide groups is 2. The molecular weight excluding hydrogens is 196 g/mol. The van der Waals surface area contributed by atoms with Gasteiger partial charge >= 0.3 is 6.03 Å². The molecule has 0 aromatic heterocycles. The monoisotopic (exact) mass is 212 g/mol. The van der Waals surface area contributed by atoms with Crippen molar-refractivity contribution in [2.45, 2.75) is 33.1 Å². The first-order valence-corrected chi connectivity index (χ1v) is 5.07. The maximum absolute atomic E-state index is 11.8. The molecule has 5 nitrogen and oxygen atoms in total. The summed E-state index contributed by atoms with van der Waals surface area (Å²) < 4.78 is 0. The lowest BCUT2D eigenvalue weighted by Crippen LogP contribution is -2.61. The zero-order valence-corrected chi connectivity index (χ0v) is 9.29. The third-order valence-corrected chi connectivity index (χ3v) is 2.83. The number of hydrogen-bond donors (Lipinski definition) is 1. The normalized spacial score (nSPS) is 26.9. The van der Waals surface area contributed by atoms with Crippen molar-refractivity contribution in [1.29, 1.82) is 0 Å². The maximum Gasteiger partial charge on any atom is 0.330 e. The molecule has 5 heteroatoms. The SMILES string of the molecule is CCCC[C@@]1(C)C(=O)NC(=O)N(C)C1=O. The number of amides is 4. The molecular formula is C10H16N2O3. The van der Waals surface area contributed by atoms with Gasteiger partial charge in [-0.05, 0) is 13.3 Å². The highest BCUT2D eigenvalue weighted by molar-refractivity contribution is 6.18. The number of barbiturate groups is 1. The van der Waals surface area contributed by atoms with Crippen LogP contribution in [0.15, 0.2) is 0 Å². The van der Waals surface area contributed by atoms with Crippen molar-refractivity contribution in [3.05, 3.63) is 0 Å². The third kappa shape index (κ3) is 1.86. The minimum absolute atomic E-state index is 0.412. The highest BCUT2D eigenvalue weighted by atomic mass is 16.2. The van der Waals surface area contributed by atoms with Gasteiger partial charge in [-0.3, -0.25) is 19.8 Å². The smallest absolute Gasteiger partial charge is 0.277 e. The van der Waals surface area contributed by atoms with Gasteiger partial charge in [-0.25, -0.2) is 4.79 Å². The zero-order valence-electron chi connectivity index (χ0n) is 9.29. The summed E-state index contributed by atoms with van der Waals surface area (Å²) in [6.07, 6.45) is 2.18. The maximum atomic E-state index is 11.8. The lowest BCUT2D eigenvalue weighted by atomic mass is 9.81. The van der Waals surface area contributed by atoms with E-state index in [1.165, 1.54) is 7.05 Å². The van der Waals surface area contributed by atoms with E-state index in [1.807, 2.05) is 6.92 Å². The molecule has 0 radical (unpaired) electrons. The Morgan fingerprint density at radius 3 is 2.47 bits per heavy atom. The minimum atomic E-state index is -1.08. The average Bonchev–Trinajstić information content (AvgIpc) is 2.21. The van der Waals surface area contributed by atoms with Crippen LogP contribution in [0.4, 0.5) is 4.79 Å². The molecule has 0 saturated carbocycles. The topological polar surface area (TPSA) is 66.5 Å². The average molecular weight is 212 g/mol. The molecule has 0 bridgehead atoms. The van der Waals surface area contributed by atoms with E-state index in [0.29, 0.717) is 6.42 Å². The Morgan fingerprint density at radius 2 is 1.93 bits per heavy atom. The molecule has 4 amide bonds. The van der Waals surface area contributed by atoms with E-state index in [1.54, 1.807) is 6.92 Å². The Morgan fingerprint density at radius 1 is 1.33 bits per heavy atom. The summed E-state index contributed by atoms with van der Waals surface area (Å²) in [5.74, 6) is -0.895. The van der Waals surface area contributed by atoms with Gasteiger partial charge in [0.05, 0.1) is 0 Å². The van der Waals surface area contributed by atoms with Crippen LogP contribution < -0.4 is 5.32 Å².